The largest absolute Gasteiger partial charge is 0.390 e. The Morgan fingerprint density at radius 3 is 2.83 bits per heavy atom. The normalized spacial score (nSPS) is 12.9. The first-order valence-corrected chi connectivity index (χ1v) is 4.34. The second-order valence-corrected chi connectivity index (χ2v) is 3.02. The summed E-state index contributed by atoms with van der Waals surface area (Å²) in [6, 6.07) is 5.79. The maximum Gasteiger partial charge on any atom is 0.0853 e. The molecule has 1 N–H and O–H groups in total. The van der Waals surface area contributed by atoms with Crippen LogP contribution in [-0.2, 0) is 6.61 Å². The van der Waals surface area contributed by atoms with E-state index in [-0.39, 0.29) is 6.61 Å². The molecule has 0 saturated heterocycles. The summed E-state index contributed by atoms with van der Waals surface area (Å²) in [6.07, 6.45) is 1.09. The molecule has 0 saturated carbocycles. The smallest absolute Gasteiger partial charge is 0.0853 e. The second-order valence-electron chi connectivity index (χ2n) is 3.02. The van der Waals surface area contributed by atoms with Crippen molar-refractivity contribution in [1.82, 2.24) is 4.98 Å². The van der Waals surface area contributed by atoms with E-state index in [1.165, 1.54) is 0 Å². The van der Waals surface area contributed by atoms with Gasteiger partial charge in [-0.3, -0.25) is 4.98 Å². The first-order chi connectivity index (χ1) is 5.77. The van der Waals surface area contributed by atoms with Crippen LogP contribution in [-0.4, -0.2) is 10.1 Å². The molecule has 0 fully saturated rings. The van der Waals surface area contributed by atoms with Gasteiger partial charge < -0.3 is 5.11 Å². The Bertz CT molecular complexity index is 247. The summed E-state index contributed by atoms with van der Waals surface area (Å²) in [4.78, 5) is 4.31. The fourth-order valence-corrected chi connectivity index (χ4v) is 1.07. The second kappa shape index (κ2) is 4.21. The van der Waals surface area contributed by atoms with Gasteiger partial charge in [-0.1, -0.05) is 19.9 Å². The molecule has 0 aliphatic carbocycles. The van der Waals surface area contributed by atoms with Crippen molar-refractivity contribution in [3.8, 4) is 0 Å². The van der Waals surface area contributed by atoms with Gasteiger partial charge in [-0.05, 0) is 24.5 Å². The lowest BCUT2D eigenvalue weighted by Gasteiger charge is -2.08. The lowest BCUT2D eigenvalue weighted by atomic mass is 10.0. The van der Waals surface area contributed by atoms with Gasteiger partial charge in [0.05, 0.1) is 12.3 Å². The van der Waals surface area contributed by atoms with E-state index in [4.69, 9.17) is 5.11 Å². The van der Waals surface area contributed by atoms with Crippen molar-refractivity contribution >= 4 is 0 Å². The van der Waals surface area contributed by atoms with Gasteiger partial charge in [0.15, 0.2) is 0 Å². The van der Waals surface area contributed by atoms with Crippen molar-refractivity contribution in [3.05, 3.63) is 29.6 Å². The molecule has 1 aromatic rings. The first-order valence-electron chi connectivity index (χ1n) is 4.34. The average molecular weight is 165 g/mol. The highest BCUT2D eigenvalue weighted by atomic mass is 16.3. The average Bonchev–Trinajstić information content (AvgIpc) is 2.17. The first kappa shape index (κ1) is 9.20. The van der Waals surface area contributed by atoms with E-state index < -0.39 is 0 Å². The lowest BCUT2D eigenvalue weighted by molar-refractivity contribution is 0.276. The summed E-state index contributed by atoms with van der Waals surface area (Å²) in [6.45, 7) is 4.31. The molecule has 2 nitrogen and oxygen atoms in total. The number of aliphatic hydroxyl groups is 1. The van der Waals surface area contributed by atoms with Crippen LogP contribution in [0.25, 0.3) is 0 Å². The molecule has 1 heterocycles. The minimum Gasteiger partial charge on any atom is -0.390 e. The molecule has 1 aromatic heterocycles. The van der Waals surface area contributed by atoms with E-state index >= 15 is 0 Å². The molecule has 12 heavy (non-hydrogen) atoms. The van der Waals surface area contributed by atoms with Crippen molar-refractivity contribution in [2.45, 2.75) is 32.8 Å². The number of hydrogen-bond acceptors (Lipinski definition) is 2. The number of aliphatic hydroxyl groups excluding tert-OH is 1. The maximum absolute atomic E-state index is 8.85. The van der Waals surface area contributed by atoms with Crippen LogP contribution in [0.4, 0.5) is 0 Å². The van der Waals surface area contributed by atoms with Gasteiger partial charge in [0.2, 0.25) is 0 Å². The monoisotopic (exact) mass is 165 g/mol. The quantitative estimate of drug-likeness (QED) is 0.744. The van der Waals surface area contributed by atoms with Gasteiger partial charge in [-0.2, -0.15) is 0 Å². The minimum absolute atomic E-state index is 0.0320. The zero-order valence-corrected chi connectivity index (χ0v) is 7.62. The fourth-order valence-electron chi connectivity index (χ4n) is 1.07. The molecule has 0 aliphatic heterocycles. The molecule has 66 valence electrons. The number of aromatic nitrogens is 1. The summed E-state index contributed by atoms with van der Waals surface area (Å²) >= 11 is 0. The standard InChI is InChI=1S/C10H15NO/c1-3-8(2)10-6-4-5-9(7-12)11-10/h4-6,8,12H,3,7H2,1-2H3. The molecule has 0 aliphatic rings. The molecule has 0 radical (unpaired) electrons. The van der Waals surface area contributed by atoms with Crippen LogP contribution in [0, 0.1) is 0 Å². The summed E-state index contributed by atoms with van der Waals surface area (Å²) < 4.78 is 0. The van der Waals surface area contributed by atoms with E-state index in [9.17, 15) is 0 Å². The van der Waals surface area contributed by atoms with E-state index in [0.29, 0.717) is 5.92 Å². The van der Waals surface area contributed by atoms with Crippen molar-refractivity contribution < 1.29 is 5.11 Å². The predicted octanol–water partition coefficient (Wildman–Crippen LogP) is 2.09. The third-order valence-corrected chi connectivity index (χ3v) is 2.11. The summed E-state index contributed by atoms with van der Waals surface area (Å²) in [5.41, 5.74) is 1.83. The molecule has 0 bridgehead atoms. The molecule has 1 unspecified atom stereocenters. The van der Waals surface area contributed by atoms with E-state index in [2.05, 4.69) is 18.8 Å². The van der Waals surface area contributed by atoms with E-state index in [1.54, 1.807) is 0 Å². The Morgan fingerprint density at radius 1 is 1.50 bits per heavy atom. The highest BCUT2D eigenvalue weighted by molar-refractivity contribution is 5.13. The van der Waals surface area contributed by atoms with Gasteiger partial charge >= 0.3 is 0 Å². The van der Waals surface area contributed by atoms with Crippen LogP contribution in [0.3, 0.4) is 0 Å². The van der Waals surface area contributed by atoms with Crippen LogP contribution in [0.5, 0.6) is 0 Å². The molecular formula is C10H15NO. The van der Waals surface area contributed by atoms with Gasteiger partial charge in [-0.15, -0.1) is 0 Å². The zero-order valence-electron chi connectivity index (χ0n) is 7.62. The van der Waals surface area contributed by atoms with Crippen LogP contribution in [0.15, 0.2) is 18.2 Å². The van der Waals surface area contributed by atoms with Crippen LogP contribution >= 0.6 is 0 Å². The lowest BCUT2D eigenvalue weighted by Crippen LogP contribution is -1.98. The van der Waals surface area contributed by atoms with Crippen LogP contribution in [0.2, 0.25) is 0 Å². The van der Waals surface area contributed by atoms with Gasteiger partial charge in [0, 0.05) is 5.69 Å². The zero-order chi connectivity index (χ0) is 8.97. The molecule has 2 heteroatoms. The van der Waals surface area contributed by atoms with E-state index in [0.717, 1.165) is 17.8 Å². The molecular weight excluding hydrogens is 150 g/mol. The molecule has 0 amide bonds. The summed E-state index contributed by atoms with van der Waals surface area (Å²) in [7, 11) is 0. The number of pyridine rings is 1. The van der Waals surface area contributed by atoms with Crippen molar-refractivity contribution in [2.75, 3.05) is 0 Å². The van der Waals surface area contributed by atoms with Gasteiger partial charge in [0.1, 0.15) is 0 Å². The molecule has 0 aromatic carbocycles. The fraction of sp³-hybridized carbons (Fsp3) is 0.500. The van der Waals surface area contributed by atoms with E-state index in [1.807, 2.05) is 18.2 Å². The predicted molar refractivity (Wildman–Crippen MR) is 48.9 cm³/mol. The Hall–Kier alpha value is -0.890. The van der Waals surface area contributed by atoms with Crippen LogP contribution in [0.1, 0.15) is 37.6 Å². The molecule has 0 spiro atoms. The van der Waals surface area contributed by atoms with Crippen molar-refractivity contribution in [3.63, 3.8) is 0 Å². The van der Waals surface area contributed by atoms with Gasteiger partial charge in [-0.25, -0.2) is 0 Å². The topological polar surface area (TPSA) is 33.1 Å². The number of hydrogen-bond donors (Lipinski definition) is 1. The van der Waals surface area contributed by atoms with Crippen molar-refractivity contribution in [1.29, 1.82) is 0 Å². The Kier molecular flexibility index (Phi) is 3.23. The maximum atomic E-state index is 8.85. The Morgan fingerprint density at radius 2 is 2.25 bits per heavy atom. The van der Waals surface area contributed by atoms with Crippen LogP contribution < -0.4 is 0 Å². The summed E-state index contributed by atoms with van der Waals surface area (Å²) in [5.74, 6) is 0.483. The molecule has 1 rings (SSSR count). The number of rotatable bonds is 3. The third-order valence-electron chi connectivity index (χ3n) is 2.11. The Balaban J connectivity index is 2.86. The molecule has 1 atom stereocenters. The number of nitrogens with zero attached hydrogens (tertiary/aromatic N) is 1. The highest BCUT2D eigenvalue weighted by Crippen LogP contribution is 2.15. The van der Waals surface area contributed by atoms with Gasteiger partial charge in [0.25, 0.3) is 0 Å². The summed E-state index contributed by atoms with van der Waals surface area (Å²) in [5, 5.41) is 8.85. The highest BCUT2D eigenvalue weighted by Gasteiger charge is 2.03. The minimum atomic E-state index is 0.0320. The van der Waals surface area contributed by atoms with Crippen molar-refractivity contribution in [2.24, 2.45) is 0 Å². The Labute approximate surface area is 73.3 Å². The third kappa shape index (κ3) is 2.05. The SMILES string of the molecule is CCC(C)c1cccc(CO)n1.